The summed E-state index contributed by atoms with van der Waals surface area (Å²) in [6.45, 7) is 4.32. The summed E-state index contributed by atoms with van der Waals surface area (Å²) in [5.41, 5.74) is 1.32. The molecule has 0 unspecified atom stereocenters. The molecule has 1 N–H and O–H groups in total. The summed E-state index contributed by atoms with van der Waals surface area (Å²) in [5.74, 6) is 0.745. The lowest BCUT2D eigenvalue weighted by atomic mass is 9.87. The number of aliphatic hydroxyl groups excluding tert-OH is 1. The number of aliphatic hydroxyl groups is 1. The second-order valence-corrected chi connectivity index (χ2v) is 5.05. The van der Waals surface area contributed by atoms with Crippen LogP contribution < -0.4 is 0 Å². The van der Waals surface area contributed by atoms with Gasteiger partial charge in [0.25, 0.3) is 0 Å². The Labute approximate surface area is 96.5 Å². The van der Waals surface area contributed by atoms with Crippen molar-refractivity contribution in [3.8, 4) is 0 Å². The van der Waals surface area contributed by atoms with E-state index in [2.05, 4.69) is 13.0 Å². The molecular formula is C13H20O3. The maximum absolute atomic E-state index is 11.5. The molecule has 16 heavy (non-hydrogen) atoms. The number of hydrogen-bond acceptors (Lipinski definition) is 3. The largest absolute Gasteiger partial charge is 0.462 e. The maximum atomic E-state index is 11.5. The van der Waals surface area contributed by atoms with E-state index >= 15 is 0 Å². The zero-order chi connectivity index (χ0) is 11.7. The van der Waals surface area contributed by atoms with Crippen LogP contribution >= 0.6 is 0 Å². The number of fused-ring (bicyclic) bond motifs is 1. The molecule has 0 saturated carbocycles. The van der Waals surface area contributed by atoms with Gasteiger partial charge in [0.15, 0.2) is 0 Å². The van der Waals surface area contributed by atoms with Gasteiger partial charge in [0.2, 0.25) is 0 Å². The number of carbonyl (C=O) groups excluding carboxylic acids is 1. The van der Waals surface area contributed by atoms with E-state index in [-0.39, 0.29) is 24.6 Å². The molecule has 1 heterocycles. The van der Waals surface area contributed by atoms with Gasteiger partial charge in [-0.3, -0.25) is 4.79 Å². The van der Waals surface area contributed by atoms with Gasteiger partial charge in [-0.2, -0.15) is 0 Å². The van der Waals surface area contributed by atoms with E-state index in [9.17, 15) is 4.79 Å². The fourth-order valence-corrected chi connectivity index (χ4v) is 2.89. The Kier molecular flexibility index (Phi) is 3.33. The Morgan fingerprint density at radius 2 is 2.25 bits per heavy atom. The van der Waals surface area contributed by atoms with Gasteiger partial charge in [0, 0.05) is 12.5 Å². The lowest BCUT2D eigenvalue weighted by Gasteiger charge is -2.18. The fourth-order valence-electron chi connectivity index (χ4n) is 2.89. The van der Waals surface area contributed by atoms with Crippen molar-refractivity contribution in [1.29, 1.82) is 0 Å². The van der Waals surface area contributed by atoms with Crippen LogP contribution in [0.5, 0.6) is 0 Å². The van der Waals surface area contributed by atoms with Crippen LogP contribution in [0.4, 0.5) is 0 Å². The number of carbonyl (C=O) groups is 1. The summed E-state index contributed by atoms with van der Waals surface area (Å²) in [5, 5.41) is 9.00. The van der Waals surface area contributed by atoms with Crippen LogP contribution in [-0.2, 0) is 9.53 Å². The van der Waals surface area contributed by atoms with Crippen LogP contribution in [-0.4, -0.2) is 23.8 Å². The third kappa shape index (κ3) is 2.01. The highest BCUT2D eigenvalue weighted by molar-refractivity contribution is 5.74. The molecule has 0 amide bonds. The molecular weight excluding hydrogens is 204 g/mol. The Morgan fingerprint density at radius 1 is 1.50 bits per heavy atom. The summed E-state index contributed by atoms with van der Waals surface area (Å²) < 4.78 is 5.42. The second kappa shape index (κ2) is 4.58. The first kappa shape index (κ1) is 11.6. The number of allylic oxidation sites excluding steroid dienone is 1. The SMILES string of the molecule is C[C@@H]1C[C@@H]2OC(=O)[C@@H](C)[C@@H]2CC=C1CCO. The molecule has 0 aromatic heterocycles. The zero-order valence-electron chi connectivity index (χ0n) is 9.98. The summed E-state index contributed by atoms with van der Waals surface area (Å²) >= 11 is 0. The van der Waals surface area contributed by atoms with Crippen molar-refractivity contribution in [1.82, 2.24) is 0 Å². The van der Waals surface area contributed by atoms with Crippen LogP contribution in [0.3, 0.4) is 0 Å². The van der Waals surface area contributed by atoms with E-state index in [1.165, 1.54) is 5.57 Å². The van der Waals surface area contributed by atoms with Gasteiger partial charge in [-0.15, -0.1) is 0 Å². The third-order valence-corrected chi connectivity index (χ3v) is 4.03. The lowest BCUT2D eigenvalue weighted by molar-refractivity contribution is -0.144. The minimum absolute atomic E-state index is 0.0296. The molecule has 0 aromatic carbocycles. The highest BCUT2D eigenvalue weighted by Crippen LogP contribution is 2.39. The molecule has 0 spiro atoms. The Hall–Kier alpha value is -0.830. The van der Waals surface area contributed by atoms with E-state index in [0.29, 0.717) is 11.8 Å². The molecule has 2 rings (SSSR count). The van der Waals surface area contributed by atoms with Crippen molar-refractivity contribution in [3.05, 3.63) is 11.6 Å². The van der Waals surface area contributed by atoms with Crippen molar-refractivity contribution >= 4 is 5.97 Å². The third-order valence-electron chi connectivity index (χ3n) is 4.03. The van der Waals surface area contributed by atoms with Crippen LogP contribution in [0.15, 0.2) is 11.6 Å². The standard InChI is InChI=1S/C13H20O3/c1-8-7-12-11(9(2)13(15)16-12)4-3-10(8)5-6-14/h3,8-9,11-12,14H,4-7H2,1-2H3/t8-,9+,11+,12+/m1/s1. The van der Waals surface area contributed by atoms with Gasteiger partial charge in [-0.1, -0.05) is 25.5 Å². The molecule has 3 nitrogen and oxygen atoms in total. The molecule has 1 aliphatic heterocycles. The molecule has 2 aliphatic rings. The summed E-state index contributed by atoms with van der Waals surface area (Å²) in [4.78, 5) is 11.5. The molecule has 0 radical (unpaired) electrons. The molecule has 4 atom stereocenters. The van der Waals surface area contributed by atoms with Crippen LogP contribution in [0, 0.1) is 17.8 Å². The molecule has 0 aromatic rings. The predicted molar refractivity (Wildman–Crippen MR) is 60.7 cm³/mol. The summed E-state index contributed by atoms with van der Waals surface area (Å²) in [6.07, 6.45) is 4.88. The predicted octanol–water partition coefficient (Wildman–Crippen LogP) is 1.90. The highest BCUT2D eigenvalue weighted by atomic mass is 16.6. The lowest BCUT2D eigenvalue weighted by Crippen LogP contribution is -2.19. The van der Waals surface area contributed by atoms with E-state index in [4.69, 9.17) is 9.84 Å². The molecule has 1 aliphatic carbocycles. The van der Waals surface area contributed by atoms with Crippen molar-refractivity contribution in [2.24, 2.45) is 17.8 Å². The van der Waals surface area contributed by atoms with E-state index in [0.717, 1.165) is 19.3 Å². The minimum Gasteiger partial charge on any atom is -0.462 e. The van der Waals surface area contributed by atoms with Crippen molar-refractivity contribution in [3.63, 3.8) is 0 Å². The number of ether oxygens (including phenoxy) is 1. The molecule has 1 fully saturated rings. The van der Waals surface area contributed by atoms with Crippen LogP contribution in [0.2, 0.25) is 0 Å². The van der Waals surface area contributed by atoms with Crippen molar-refractivity contribution < 1.29 is 14.6 Å². The maximum Gasteiger partial charge on any atom is 0.309 e. The minimum atomic E-state index is -0.0405. The van der Waals surface area contributed by atoms with Gasteiger partial charge in [0.05, 0.1) is 5.92 Å². The number of hydrogen-bond donors (Lipinski definition) is 1. The average Bonchev–Trinajstić information content (AvgIpc) is 2.42. The Morgan fingerprint density at radius 3 is 2.94 bits per heavy atom. The monoisotopic (exact) mass is 224 g/mol. The first-order chi connectivity index (χ1) is 7.63. The average molecular weight is 224 g/mol. The normalized spacial score (nSPS) is 38.7. The highest BCUT2D eigenvalue weighted by Gasteiger charge is 2.42. The Bertz CT molecular complexity index is 308. The Balaban J connectivity index is 2.12. The van der Waals surface area contributed by atoms with E-state index in [1.54, 1.807) is 0 Å². The zero-order valence-corrected chi connectivity index (χ0v) is 9.98. The molecule has 3 heteroatoms. The fraction of sp³-hybridized carbons (Fsp3) is 0.769. The summed E-state index contributed by atoms with van der Waals surface area (Å²) in [6, 6.07) is 0. The smallest absolute Gasteiger partial charge is 0.309 e. The van der Waals surface area contributed by atoms with E-state index in [1.807, 2.05) is 6.92 Å². The second-order valence-electron chi connectivity index (χ2n) is 5.05. The topological polar surface area (TPSA) is 46.5 Å². The first-order valence-corrected chi connectivity index (χ1v) is 6.13. The molecule has 1 saturated heterocycles. The quantitative estimate of drug-likeness (QED) is 0.575. The number of esters is 1. The first-order valence-electron chi connectivity index (χ1n) is 6.13. The molecule has 0 bridgehead atoms. The van der Waals surface area contributed by atoms with E-state index < -0.39 is 0 Å². The van der Waals surface area contributed by atoms with Gasteiger partial charge in [0.1, 0.15) is 6.10 Å². The van der Waals surface area contributed by atoms with Gasteiger partial charge < -0.3 is 9.84 Å². The van der Waals surface area contributed by atoms with Crippen LogP contribution in [0.1, 0.15) is 33.1 Å². The van der Waals surface area contributed by atoms with Crippen LogP contribution in [0.25, 0.3) is 0 Å². The van der Waals surface area contributed by atoms with Gasteiger partial charge >= 0.3 is 5.97 Å². The summed E-state index contributed by atoms with van der Waals surface area (Å²) in [7, 11) is 0. The molecule has 90 valence electrons. The number of rotatable bonds is 2. The van der Waals surface area contributed by atoms with Gasteiger partial charge in [-0.25, -0.2) is 0 Å². The van der Waals surface area contributed by atoms with Crippen molar-refractivity contribution in [2.75, 3.05) is 6.61 Å². The van der Waals surface area contributed by atoms with Crippen molar-refractivity contribution in [2.45, 2.75) is 39.2 Å². The van der Waals surface area contributed by atoms with Gasteiger partial charge in [-0.05, 0) is 25.2 Å².